The van der Waals surface area contributed by atoms with Crippen molar-refractivity contribution >= 4 is 52.3 Å². The number of aromatic nitrogens is 1. The van der Waals surface area contributed by atoms with Gasteiger partial charge in [-0.25, -0.2) is 4.98 Å². The molecule has 3 rings (SSSR count). The second kappa shape index (κ2) is 7.62. The third-order valence-electron chi connectivity index (χ3n) is 4.01. The molecule has 0 spiro atoms. The van der Waals surface area contributed by atoms with Crippen molar-refractivity contribution in [2.24, 2.45) is 5.92 Å². The van der Waals surface area contributed by atoms with Gasteiger partial charge in [0.2, 0.25) is 5.91 Å². The fraction of sp³-hybridized carbons (Fsp3) is 0.278. The number of nitrogen functional groups attached to an aromatic ring is 1. The van der Waals surface area contributed by atoms with Crippen molar-refractivity contribution in [3.8, 4) is 5.75 Å². The highest BCUT2D eigenvalue weighted by Gasteiger charge is 2.38. The molecule has 2 heterocycles. The Bertz CT molecular complexity index is 904. The Balaban J connectivity index is 1.87. The molecule has 1 aromatic heterocycles. The van der Waals surface area contributed by atoms with Crippen LogP contribution in [0.4, 0.5) is 17.3 Å². The molecule has 1 aliphatic rings. The highest BCUT2D eigenvalue weighted by molar-refractivity contribution is 6.44. The van der Waals surface area contributed by atoms with E-state index in [1.54, 1.807) is 30.3 Å². The average molecular weight is 409 g/mol. The van der Waals surface area contributed by atoms with Crippen molar-refractivity contribution in [1.82, 2.24) is 4.98 Å². The van der Waals surface area contributed by atoms with Crippen LogP contribution in [0.25, 0.3) is 0 Å². The van der Waals surface area contributed by atoms with Crippen molar-refractivity contribution in [3.63, 3.8) is 0 Å². The number of rotatable bonds is 4. The molecule has 142 valence electrons. The molecule has 1 aromatic carbocycles. The second-order valence-corrected chi connectivity index (χ2v) is 7.20. The molecule has 3 N–H and O–H groups in total. The largest absolute Gasteiger partial charge is 0.476 e. The molecule has 0 radical (unpaired) electrons. The van der Waals surface area contributed by atoms with Crippen molar-refractivity contribution < 1.29 is 14.3 Å². The van der Waals surface area contributed by atoms with Gasteiger partial charge in [0.05, 0.1) is 15.7 Å². The van der Waals surface area contributed by atoms with Gasteiger partial charge in [0, 0.05) is 0 Å². The van der Waals surface area contributed by atoms with E-state index in [4.69, 9.17) is 33.7 Å². The van der Waals surface area contributed by atoms with E-state index < -0.39 is 12.0 Å². The van der Waals surface area contributed by atoms with Crippen LogP contribution in [0.1, 0.15) is 13.8 Å². The zero-order valence-corrected chi connectivity index (χ0v) is 16.2. The minimum absolute atomic E-state index is 0.0869. The maximum absolute atomic E-state index is 12.8. The number of carbonyl (C=O) groups excluding carboxylic acids is 2. The minimum atomic E-state index is -0.717. The van der Waals surface area contributed by atoms with Gasteiger partial charge in [-0.05, 0) is 30.2 Å². The highest BCUT2D eigenvalue weighted by atomic mass is 35.5. The number of benzene rings is 1. The summed E-state index contributed by atoms with van der Waals surface area (Å²) >= 11 is 12.1. The lowest BCUT2D eigenvalue weighted by atomic mass is 10.0. The van der Waals surface area contributed by atoms with Gasteiger partial charge in [0.1, 0.15) is 12.4 Å². The molecule has 1 atom stereocenters. The van der Waals surface area contributed by atoms with Gasteiger partial charge in [-0.3, -0.25) is 14.5 Å². The molecule has 2 aromatic rings. The van der Waals surface area contributed by atoms with Crippen LogP contribution in [-0.2, 0) is 9.59 Å². The normalized spacial score (nSPS) is 16.1. The maximum Gasteiger partial charge on any atom is 0.270 e. The van der Waals surface area contributed by atoms with E-state index >= 15 is 0 Å². The number of pyridine rings is 1. The number of nitrogens with zero attached hydrogens (tertiary/aromatic N) is 2. The molecular formula is C18H18Cl2N4O3. The Labute approximate surface area is 166 Å². The van der Waals surface area contributed by atoms with Crippen LogP contribution < -0.4 is 20.7 Å². The molecule has 0 bridgehead atoms. The molecule has 1 aliphatic heterocycles. The van der Waals surface area contributed by atoms with E-state index in [1.807, 2.05) is 13.8 Å². The molecule has 9 heteroatoms. The standard InChI is InChI=1S/C18H18Cl2N4O3/c1-9(2)16-18(26)24(17-12(27-16)6-7-13(21)23-17)8-14(25)22-11-5-3-4-10(19)15(11)20/h3-7,9,16H,8H2,1-2H3,(H2,21,23)(H,22,25). The van der Waals surface area contributed by atoms with Crippen molar-refractivity contribution in [2.45, 2.75) is 20.0 Å². The third kappa shape index (κ3) is 3.94. The summed E-state index contributed by atoms with van der Waals surface area (Å²) in [5.74, 6) is -0.0667. The molecule has 0 aliphatic carbocycles. The number of hydrogen-bond donors (Lipinski definition) is 2. The summed E-state index contributed by atoms with van der Waals surface area (Å²) in [5, 5.41) is 3.20. The first-order valence-electron chi connectivity index (χ1n) is 8.26. The number of amides is 2. The first-order chi connectivity index (χ1) is 12.8. The van der Waals surface area contributed by atoms with Gasteiger partial charge in [-0.2, -0.15) is 0 Å². The van der Waals surface area contributed by atoms with Crippen molar-refractivity contribution in [2.75, 3.05) is 22.5 Å². The summed E-state index contributed by atoms with van der Waals surface area (Å²) in [6.07, 6.45) is -0.717. The first kappa shape index (κ1) is 19.3. The van der Waals surface area contributed by atoms with Crippen LogP contribution >= 0.6 is 23.2 Å². The quantitative estimate of drug-likeness (QED) is 0.807. The van der Waals surface area contributed by atoms with Gasteiger partial charge in [-0.15, -0.1) is 0 Å². The van der Waals surface area contributed by atoms with Gasteiger partial charge in [0.15, 0.2) is 17.7 Å². The number of halogens is 2. The predicted molar refractivity (Wildman–Crippen MR) is 105 cm³/mol. The highest BCUT2D eigenvalue weighted by Crippen LogP contribution is 2.35. The summed E-state index contributed by atoms with van der Waals surface area (Å²) in [6, 6.07) is 8.11. The molecule has 0 saturated carbocycles. The third-order valence-corrected chi connectivity index (χ3v) is 4.83. The molecule has 7 nitrogen and oxygen atoms in total. The summed E-state index contributed by atoms with van der Waals surface area (Å²) in [7, 11) is 0. The maximum atomic E-state index is 12.8. The van der Waals surface area contributed by atoms with Crippen LogP contribution in [0.15, 0.2) is 30.3 Å². The molecule has 0 saturated heterocycles. The van der Waals surface area contributed by atoms with Gasteiger partial charge in [0.25, 0.3) is 5.91 Å². The number of fused-ring (bicyclic) bond motifs is 1. The number of ether oxygens (including phenoxy) is 1. The Morgan fingerprint density at radius 1 is 1.33 bits per heavy atom. The number of carbonyl (C=O) groups is 2. The zero-order chi connectivity index (χ0) is 19.7. The van der Waals surface area contributed by atoms with Gasteiger partial charge in [-0.1, -0.05) is 43.1 Å². The van der Waals surface area contributed by atoms with Crippen LogP contribution in [0.2, 0.25) is 10.0 Å². The molecule has 1 unspecified atom stereocenters. The zero-order valence-electron chi connectivity index (χ0n) is 14.7. The Morgan fingerprint density at radius 2 is 2.07 bits per heavy atom. The van der Waals surface area contributed by atoms with Crippen LogP contribution in [-0.4, -0.2) is 29.4 Å². The summed E-state index contributed by atoms with van der Waals surface area (Å²) in [5.41, 5.74) is 6.10. The number of nitrogens with one attached hydrogen (secondary N) is 1. The molecule has 27 heavy (non-hydrogen) atoms. The van der Waals surface area contributed by atoms with Gasteiger partial charge >= 0.3 is 0 Å². The fourth-order valence-corrected chi connectivity index (χ4v) is 3.04. The van der Waals surface area contributed by atoms with Crippen molar-refractivity contribution in [1.29, 1.82) is 0 Å². The monoisotopic (exact) mass is 408 g/mol. The van der Waals surface area contributed by atoms with Gasteiger partial charge < -0.3 is 15.8 Å². The number of hydrogen-bond acceptors (Lipinski definition) is 5. The average Bonchev–Trinajstić information content (AvgIpc) is 2.61. The topological polar surface area (TPSA) is 97.6 Å². The van der Waals surface area contributed by atoms with E-state index in [-0.39, 0.29) is 35.0 Å². The first-order valence-corrected chi connectivity index (χ1v) is 9.02. The van der Waals surface area contributed by atoms with E-state index in [9.17, 15) is 9.59 Å². The van der Waals surface area contributed by atoms with Crippen LogP contribution in [0, 0.1) is 5.92 Å². The predicted octanol–water partition coefficient (Wildman–Crippen LogP) is 3.36. The summed E-state index contributed by atoms with van der Waals surface area (Å²) < 4.78 is 5.75. The lowest BCUT2D eigenvalue weighted by molar-refractivity contribution is -0.129. The van der Waals surface area contributed by atoms with E-state index in [1.165, 1.54) is 4.90 Å². The van der Waals surface area contributed by atoms with E-state index in [0.717, 1.165) is 0 Å². The smallest absolute Gasteiger partial charge is 0.270 e. The number of nitrogens with two attached hydrogens (primary N) is 1. The minimum Gasteiger partial charge on any atom is -0.476 e. The molecule has 0 fully saturated rings. The van der Waals surface area contributed by atoms with Crippen LogP contribution in [0.5, 0.6) is 5.75 Å². The Hall–Kier alpha value is -2.51. The number of anilines is 3. The Morgan fingerprint density at radius 3 is 2.78 bits per heavy atom. The fourth-order valence-electron chi connectivity index (χ4n) is 2.69. The Kier molecular flexibility index (Phi) is 5.43. The molecular weight excluding hydrogens is 391 g/mol. The molecule has 2 amide bonds. The van der Waals surface area contributed by atoms with E-state index in [0.29, 0.717) is 16.5 Å². The van der Waals surface area contributed by atoms with Crippen LogP contribution in [0.3, 0.4) is 0 Å². The van der Waals surface area contributed by atoms with Crippen molar-refractivity contribution in [3.05, 3.63) is 40.4 Å². The lowest BCUT2D eigenvalue weighted by Crippen LogP contribution is -2.51. The summed E-state index contributed by atoms with van der Waals surface area (Å²) in [6.45, 7) is 3.46. The lowest BCUT2D eigenvalue weighted by Gasteiger charge is -2.34. The van der Waals surface area contributed by atoms with E-state index in [2.05, 4.69) is 10.3 Å². The second-order valence-electron chi connectivity index (χ2n) is 6.41. The SMILES string of the molecule is CC(C)C1Oc2ccc(N)nc2N(CC(=O)Nc2cccc(Cl)c2Cl)C1=O. The summed E-state index contributed by atoms with van der Waals surface area (Å²) in [4.78, 5) is 30.8.